The molecule has 2 aromatic carbocycles. The molecule has 1 aromatic heterocycles. The van der Waals surface area contributed by atoms with E-state index in [1.165, 1.54) is 6.07 Å². The average molecular weight is 367 g/mol. The van der Waals surface area contributed by atoms with Crippen molar-refractivity contribution in [2.24, 2.45) is 0 Å². The lowest BCUT2D eigenvalue weighted by Crippen LogP contribution is -2.18. The van der Waals surface area contributed by atoms with Crippen molar-refractivity contribution in [3.05, 3.63) is 77.5 Å². The second kappa shape index (κ2) is 7.40. The number of benzene rings is 2. The number of aromatic nitrogens is 2. The lowest BCUT2D eigenvalue weighted by atomic mass is 9.97. The first-order chi connectivity index (χ1) is 13.1. The van der Waals surface area contributed by atoms with Gasteiger partial charge in [0.15, 0.2) is 11.6 Å². The minimum absolute atomic E-state index is 0.231. The lowest BCUT2D eigenvalue weighted by molar-refractivity contribution is 0.181. The van der Waals surface area contributed by atoms with Gasteiger partial charge in [0, 0.05) is 37.3 Å². The summed E-state index contributed by atoms with van der Waals surface area (Å²) in [6, 6.07) is 13.5. The number of nitrogens with zero attached hydrogens (tertiary/aromatic N) is 3. The van der Waals surface area contributed by atoms with E-state index in [1.54, 1.807) is 6.20 Å². The Balaban J connectivity index is 1.68. The van der Waals surface area contributed by atoms with Crippen molar-refractivity contribution >= 4 is 0 Å². The van der Waals surface area contributed by atoms with E-state index >= 15 is 0 Å². The van der Waals surface area contributed by atoms with Crippen LogP contribution in [-0.4, -0.2) is 28.7 Å². The summed E-state index contributed by atoms with van der Waals surface area (Å²) in [6.45, 7) is 1.62. The molecule has 0 amide bonds. The van der Waals surface area contributed by atoms with Gasteiger partial charge in [-0.3, -0.25) is 0 Å². The van der Waals surface area contributed by atoms with Gasteiger partial charge in [-0.05, 0) is 48.5 Å². The molecule has 1 aliphatic heterocycles. The highest BCUT2D eigenvalue weighted by molar-refractivity contribution is 5.60. The number of ether oxygens (including phenoxy) is 1. The van der Waals surface area contributed by atoms with Gasteiger partial charge < -0.3 is 9.64 Å². The third kappa shape index (κ3) is 3.80. The molecule has 1 unspecified atom stereocenters. The first kappa shape index (κ1) is 17.5. The van der Waals surface area contributed by atoms with Crippen molar-refractivity contribution < 1.29 is 13.5 Å². The maximum absolute atomic E-state index is 13.5. The zero-order valence-electron chi connectivity index (χ0n) is 14.9. The molecule has 138 valence electrons. The molecule has 4 nitrogen and oxygen atoms in total. The van der Waals surface area contributed by atoms with Gasteiger partial charge in [-0.15, -0.1) is 0 Å². The molecule has 6 heteroatoms. The summed E-state index contributed by atoms with van der Waals surface area (Å²) in [5, 5.41) is 8.11. The van der Waals surface area contributed by atoms with Crippen LogP contribution in [0.3, 0.4) is 0 Å². The third-order valence-corrected chi connectivity index (χ3v) is 4.74. The molecule has 4 rings (SSSR count). The van der Waals surface area contributed by atoms with Gasteiger partial charge in [-0.2, -0.15) is 10.2 Å². The molecule has 0 saturated heterocycles. The predicted molar refractivity (Wildman–Crippen MR) is 98.1 cm³/mol. The Morgan fingerprint density at radius 3 is 2.74 bits per heavy atom. The van der Waals surface area contributed by atoms with Crippen molar-refractivity contribution in [1.29, 1.82) is 0 Å². The summed E-state index contributed by atoms with van der Waals surface area (Å²) in [4.78, 5) is 2.22. The number of hydrogen-bond donors (Lipinski definition) is 0. The third-order valence-electron chi connectivity index (χ3n) is 4.74. The zero-order chi connectivity index (χ0) is 18.8. The monoisotopic (exact) mass is 367 g/mol. The quantitative estimate of drug-likeness (QED) is 0.689. The summed E-state index contributed by atoms with van der Waals surface area (Å²) in [5.74, 6) is -1.46. The van der Waals surface area contributed by atoms with Gasteiger partial charge in [0.1, 0.15) is 11.9 Å². The molecule has 0 fully saturated rings. The van der Waals surface area contributed by atoms with Gasteiger partial charge in [-0.25, -0.2) is 8.78 Å². The molecule has 2 heterocycles. The predicted octanol–water partition coefficient (Wildman–Crippen LogP) is 4.38. The van der Waals surface area contributed by atoms with E-state index in [2.05, 4.69) is 28.2 Å². The van der Waals surface area contributed by atoms with E-state index in [0.717, 1.165) is 54.0 Å². The summed E-state index contributed by atoms with van der Waals surface area (Å²) in [6.07, 6.45) is 2.17. The molecule has 27 heavy (non-hydrogen) atoms. The Labute approximate surface area is 156 Å². The van der Waals surface area contributed by atoms with Gasteiger partial charge in [0.25, 0.3) is 0 Å². The van der Waals surface area contributed by atoms with E-state index in [9.17, 15) is 8.78 Å². The fourth-order valence-electron chi connectivity index (χ4n) is 3.37. The molecular weight excluding hydrogens is 348 g/mol. The smallest absolute Gasteiger partial charge is 0.162 e. The Kier molecular flexibility index (Phi) is 4.81. The van der Waals surface area contributed by atoms with Gasteiger partial charge in [0.05, 0.1) is 5.69 Å². The van der Waals surface area contributed by atoms with Crippen molar-refractivity contribution in [2.75, 3.05) is 13.6 Å². The second-order valence-electron chi connectivity index (χ2n) is 6.73. The number of fused-ring (bicyclic) bond motifs is 1. The highest BCUT2D eigenvalue weighted by atomic mass is 19.2. The van der Waals surface area contributed by atoms with Crippen LogP contribution < -0.4 is 4.74 Å². The van der Waals surface area contributed by atoms with Crippen molar-refractivity contribution in [3.8, 4) is 17.0 Å². The first-order valence-corrected chi connectivity index (χ1v) is 8.81. The van der Waals surface area contributed by atoms with Gasteiger partial charge in [-0.1, -0.05) is 12.1 Å². The van der Waals surface area contributed by atoms with Crippen LogP contribution in [0, 0.1) is 11.6 Å². The minimum atomic E-state index is -0.906. The van der Waals surface area contributed by atoms with Crippen molar-refractivity contribution in [1.82, 2.24) is 15.1 Å². The van der Waals surface area contributed by atoms with Gasteiger partial charge in [0.2, 0.25) is 0 Å². The van der Waals surface area contributed by atoms with Crippen LogP contribution in [0.25, 0.3) is 11.3 Å². The molecule has 0 N–H and O–H groups in total. The number of halogens is 2. The average Bonchev–Trinajstić information content (AvgIpc) is 2.83. The molecule has 1 aliphatic rings. The topological polar surface area (TPSA) is 38.2 Å². The highest BCUT2D eigenvalue weighted by Gasteiger charge is 2.23. The number of rotatable bonds is 3. The SMILES string of the molecule is CN1CCC(Oc2ccc(F)c(F)c2)c2ccc(-c3cccnn3)cc2C1. The molecular formula is C21H19F2N3O. The van der Waals surface area contributed by atoms with Gasteiger partial charge >= 0.3 is 0 Å². The highest BCUT2D eigenvalue weighted by Crippen LogP contribution is 2.33. The van der Waals surface area contributed by atoms with Crippen LogP contribution in [0.5, 0.6) is 5.75 Å². The van der Waals surface area contributed by atoms with E-state index in [4.69, 9.17) is 4.74 Å². The summed E-state index contributed by atoms with van der Waals surface area (Å²) in [5.41, 5.74) is 3.98. The molecule has 1 atom stereocenters. The lowest BCUT2D eigenvalue weighted by Gasteiger charge is -2.20. The molecule has 0 spiro atoms. The molecule has 0 aliphatic carbocycles. The normalized spacial score (nSPS) is 17.2. The standard InChI is InChI=1S/C21H19F2N3O/c1-26-10-8-21(27-16-5-7-18(22)19(23)12-16)17-6-4-14(11-15(17)13-26)20-3-2-9-24-25-20/h2-7,9,11-12,21H,8,10,13H2,1H3. The van der Waals surface area contributed by atoms with Crippen LogP contribution >= 0.6 is 0 Å². The molecule has 3 aromatic rings. The van der Waals surface area contributed by atoms with Crippen LogP contribution in [0.15, 0.2) is 54.7 Å². The van der Waals surface area contributed by atoms with Crippen LogP contribution in [0.2, 0.25) is 0 Å². The summed E-state index contributed by atoms with van der Waals surface area (Å²) < 4.78 is 32.8. The molecule has 0 bridgehead atoms. The first-order valence-electron chi connectivity index (χ1n) is 8.81. The number of hydrogen-bond acceptors (Lipinski definition) is 4. The molecule has 0 saturated carbocycles. The fraction of sp³-hybridized carbons (Fsp3) is 0.238. The van der Waals surface area contributed by atoms with Crippen LogP contribution in [0.1, 0.15) is 23.7 Å². The zero-order valence-corrected chi connectivity index (χ0v) is 14.9. The van der Waals surface area contributed by atoms with E-state index in [0.29, 0.717) is 5.75 Å². The maximum Gasteiger partial charge on any atom is 0.162 e. The fourth-order valence-corrected chi connectivity index (χ4v) is 3.37. The van der Waals surface area contributed by atoms with E-state index in [-0.39, 0.29) is 6.10 Å². The van der Waals surface area contributed by atoms with E-state index in [1.807, 2.05) is 24.3 Å². The van der Waals surface area contributed by atoms with Crippen LogP contribution in [-0.2, 0) is 6.54 Å². The minimum Gasteiger partial charge on any atom is -0.486 e. The largest absolute Gasteiger partial charge is 0.486 e. The Morgan fingerprint density at radius 2 is 1.96 bits per heavy atom. The second-order valence-corrected chi connectivity index (χ2v) is 6.73. The Bertz CT molecular complexity index is 949. The van der Waals surface area contributed by atoms with Crippen molar-refractivity contribution in [3.63, 3.8) is 0 Å². The molecule has 0 radical (unpaired) electrons. The maximum atomic E-state index is 13.5. The van der Waals surface area contributed by atoms with E-state index < -0.39 is 11.6 Å². The summed E-state index contributed by atoms with van der Waals surface area (Å²) in [7, 11) is 2.05. The van der Waals surface area contributed by atoms with Crippen LogP contribution in [0.4, 0.5) is 8.78 Å². The summed E-state index contributed by atoms with van der Waals surface area (Å²) >= 11 is 0. The van der Waals surface area contributed by atoms with Crippen molar-refractivity contribution in [2.45, 2.75) is 19.1 Å². The Hall–Kier alpha value is -2.86. The Morgan fingerprint density at radius 1 is 1.07 bits per heavy atom.